The second-order valence-electron chi connectivity index (χ2n) is 3.41. The first-order chi connectivity index (χ1) is 8.78. The molecular weight excluding hydrogens is 234 g/mol. The van der Waals surface area contributed by atoms with Crippen LogP contribution in [0.5, 0.6) is 11.5 Å². The topological polar surface area (TPSA) is 76.6 Å². The zero-order valence-corrected chi connectivity index (χ0v) is 9.93. The largest absolute Gasteiger partial charge is 0.493 e. The highest BCUT2D eigenvalue weighted by atomic mass is 16.5. The fourth-order valence-electron chi connectivity index (χ4n) is 1.56. The number of aromatic nitrogens is 2. The van der Waals surface area contributed by atoms with E-state index in [4.69, 9.17) is 9.47 Å². The summed E-state index contributed by atoms with van der Waals surface area (Å²) in [5.41, 5.74) is 1.49. The van der Waals surface area contributed by atoms with E-state index in [1.54, 1.807) is 32.4 Å². The molecule has 6 nitrogen and oxygen atoms in total. The maximum Gasteiger partial charge on any atom is 0.242 e. The Morgan fingerprint density at radius 3 is 2.67 bits per heavy atom. The lowest BCUT2D eigenvalue weighted by Gasteiger charge is -2.08. The molecule has 0 radical (unpaired) electrons. The predicted molar refractivity (Wildman–Crippen MR) is 64.9 cm³/mol. The number of ether oxygens (including phenoxy) is 2. The quantitative estimate of drug-likeness (QED) is 0.660. The van der Waals surface area contributed by atoms with Crippen LogP contribution < -0.4 is 9.47 Å². The monoisotopic (exact) mass is 245 g/mol. The number of hydrogen-bond donors (Lipinski definition) is 1. The van der Waals surface area contributed by atoms with E-state index in [9.17, 15) is 4.79 Å². The van der Waals surface area contributed by atoms with Gasteiger partial charge in [0.2, 0.25) is 6.08 Å². The van der Waals surface area contributed by atoms with E-state index in [1.165, 1.54) is 6.08 Å². The van der Waals surface area contributed by atoms with Crippen molar-refractivity contribution in [2.24, 2.45) is 4.99 Å². The Hall–Kier alpha value is -2.59. The molecule has 0 aliphatic rings. The molecule has 0 fully saturated rings. The zero-order valence-electron chi connectivity index (χ0n) is 9.93. The molecular formula is C12H11N3O3. The van der Waals surface area contributed by atoms with Crippen LogP contribution in [0.1, 0.15) is 0 Å². The summed E-state index contributed by atoms with van der Waals surface area (Å²) in [7, 11) is 3.14. The fourth-order valence-corrected chi connectivity index (χ4v) is 1.56. The minimum absolute atomic E-state index is 0.356. The number of carbonyl (C=O) groups excluding carboxylic acids is 1. The molecule has 0 saturated carbocycles. The molecule has 0 aliphatic heterocycles. The van der Waals surface area contributed by atoms with Gasteiger partial charge in [-0.3, -0.25) is 5.10 Å². The molecule has 0 aliphatic carbocycles. The molecule has 2 rings (SSSR count). The number of benzene rings is 1. The van der Waals surface area contributed by atoms with Crippen molar-refractivity contribution in [1.82, 2.24) is 10.2 Å². The maximum atomic E-state index is 10.1. The summed E-state index contributed by atoms with van der Waals surface area (Å²) in [5, 5.41) is 6.66. The van der Waals surface area contributed by atoms with E-state index in [1.807, 2.05) is 6.07 Å². The van der Waals surface area contributed by atoms with Crippen molar-refractivity contribution in [1.29, 1.82) is 0 Å². The molecule has 1 N–H and O–H groups in total. The number of methoxy groups -OCH3 is 2. The molecule has 0 amide bonds. The second-order valence-corrected chi connectivity index (χ2v) is 3.41. The van der Waals surface area contributed by atoms with Gasteiger partial charge < -0.3 is 9.47 Å². The molecule has 0 bridgehead atoms. The lowest BCUT2D eigenvalue weighted by atomic mass is 10.1. The Balaban J connectivity index is 2.40. The molecule has 0 spiro atoms. The van der Waals surface area contributed by atoms with Gasteiger partial charge in [-0.05, 0) is 18.2 Å². The average Bonchev–Trinajstić information content (AvgIpc) is 2.87. The van der Waals surface area contributed by atoms with Crippen molar-refractivity contribution in [3.05, 3.63) is 24.3 Å². The van der Waals surface area contributed by atoms with Crippen molar-refractivity contribution in [3.63, 3.8) is 0 Å². The third-order valence-electron chi connectivity index (χ3n) is 2.41. The predicted octanol–water partition coefficient (Wildman–Crippen LogP) is 2.06. The first-order valence-corrected chi connectivity index (χ1v) is 5.14. The summed E-state index contributed by atoms with van der Waals surface area (Å²) in [5.74, 6) is 1.61. The molecule has 6 heteroatoms. The minimum atomic E-state index is 0.356. The third kappa shape index (κ3) is 2.23. The summed E-state index contributed by atoms with van der Waals surface area (Å²) in [6, 6.07) is 7.06. The molecule has 18 heavy (non-hydrogen) atoms. The minimum Gasteiger partial charge on any atom is -0.493 e. The fraction of sp³-hybridized carbons (Fsp3) is 0.167. The van der Waals surface area contributed by atoms with Crippen LogP contribution in [0.25, 0.3) is 11.3 Å². The highest BCUT2D eigenvalue weighted by Gasteiger charge is 2.08. The molecule has 1 aromatic carbocycles. The van der Waals surface area contributed by atoms with Crippen molar-refractivity contribution >= 4 is 11.9 Å². The van der Waals surface area contributed by atoms with Gasteiger partial charge in [0.25, 0.3) is 0 Å². The Kier molecular flexibility index (Phi) is 3.41. The SMILES string of the molecule is COc1ccc(-c2cc(N=C=O)[nH]n2)cc1OC. The van der Waals surface area contributed by atoms with E-state index in [-0.39, 0.29) is 0 Å². The maximum absolute atomic E-state index is 10.1. The van der Waals surface area contributed by atoms with Crippen LogP contribution in [0, 0.1) is 0 Å². The van der Waals surface area contributed by atoms with Gasteiger partial charge in [-0.2, -0.15) is 5.10 Å². The van der Waals surface area contributed by atoms with Crippen LogP contribution in [-0.4, -0.2) is 30.5 Å². The summed E-state index contributed by atoms with van der Waals surface area (Å²) in [6.45, 7) is 0. The summed E-state index contributed by atoms with van der Waals surface area (Å²) < 4.78 is 10.4. The number of nitrogens with one attached hydrogen (secondary N) is 1. The molecule has 92 valence electrons. The first-order valence-electron chi connectivity index (χ1n) is 5.14. The lowest BCUT2D eigenvalue weighted by molar-refractivity contribution is 0.355. The highest BCUT2D eigenvalue weighted by molar-refractivity contribution is 5.66. The molecule has 0 atom stereocenters. The number of H-pyrrole nitrogens is 1. The molecule has 1 heterocycles. The number of nitrogens with zero attached hydrogens (tertiary/aromatic N) is 2. The van der Waals surface area contributed by atoms with E-state index >= 15 is 0 Å². The van der Waals surface area contributed by atoms with Crippen LogP contribution in [0.3, 0.4) is 0 Å². The van der Waals surface area contributed by atoms with Gasteiger partial charge in [-0.1, -0.05) is 0 Å². The van der Waals surface area contributed by atoms with Gasteiger partial charge in [-0.15, -0.1) is 4.99 Å². The van der Waals surface area contributed by atoms with Crippen LogP contribution >= 0.6 is 0 Å². The zero-order chi connectivity index (χ0) is 13.0. The number of aliphatic imine (C=N–C) groups is 1. The second kappa shape index (κ2) is 5.16. The summed E-state index contributed by atoms with van der Waals surface area (Å²) in [4.78, 5) is 13.6. The van der Waals surface area contributed by atoms with Crippen LogP contribution in [0.2, 0.25) is 0 Å². The molecule has 0 saturated heterocycles. The smallest absolute Gasteiger partial charge is 0.242 e. The van der Waals surface area contributed by atoms with Gasteiger partial charge in [0.1, 0.15) is 0 Å². The van der Waals surface area contributed by atoms with Crippen molar-refractivity contribution in [2.75, 3.05) is 14.2 Å². The van der Waals surface area contributed by atoms with Crippen LogP contribution in [0.4, 0.5) is 5.82 Å². The Morgan fingerprint density at radius 2 is 2.00 bits per heavy atom. The van der Waals surface area contributed by atoms with Gasteiger partial charge in [0, 0.05) is 11.6 Å². The lowest BCUT2D eigenvalue weighted by Crippen LogP contribution is -1.90. The summed E-state index contributed by atoms with van der Waals surface area (Å²) >= 11 is 0. The number of aromatic amines is 1. The Morgan fingerprint density at radius 1 is 1.22 bits per heavy atom. The van der Waals surface area contributed by atoms with Crippen LogP contribution in [0.15, 0.2) is 29.3 Å². The van der Waals surface area contributed by atoms with Gasteiger partial charge in [0.05, 0.1) is 19.9 Å². The van der Waals surface area contributed by atoms with Crippen molar-refractivity contribution in [3.8, 4) is 22.8 Å². The van der Waals surface area contributed by atoms with E-state index in [2.05, 4.69) is 15.2 Å². The Bertz CT molecular complexity index is 600. The molecule has 1 aromatic heterocycles. The van der Waals surface area contributed by atoms with Crippen LogP contribution in [-0.2, 0) is 4.79 Å². The van der Waals surface area contributed by atoms with Crippen molar-refractivity contribution < 1.29 is 14.3 Å². The normalized spacial score (nSPS) is 9.67. The van der Waals surface area contributed by atoms with Gasteiger partial charge >= 0.3 is 0 Å². The van der Waals surface area contributed by atoms with Crippen molar-refractivity contribution in [2.45, 2.75) is 0 Å². The van der Waals surface area contributed by atoms with Gasteiger partial charge in [0.15, 0.2) is 17.3 Å². The summed E-state index contributed by atoms with van der Waals surface area (Å²) in [6.07, 6.45) is 1.45. The van der Waals surface area contributed by atoms with E-state index in [0.29, 0.717) is 23.0 Å². The number of isocyanates is 1. The van der Waals surface area contributed by atoms with E-state index < -0.39 is 0 Å². The average molecular weight is 245 g/mol. The first kappa shape index (κ1) is 11.9. The highest BCUT2D eigenvalue weighted by Crippen LogP contribution is 2.32. The third-order valence-corrected chi connectivity index (χ3v) is 2.41. The molecule has 0 unspecified atom stereocenters. The van der Waals surface area contributed by atoms with Gasteiger partial charge in [-0.25, -0.2) is 4.79 Å². The van der Waals surface area contributed by atoms with E-state index in [0.717, 1.165) is 5.56 Å². The number of rotatable bonds is 4. The molecule has 2 aromatic rings. The Labute approximate surface area is 103 Å². The standard InChI is InChI=1S/C12H11N3O3/c1-17-10-4-3-8(5-11(10)18-2)9-6-12(13-7-16)15-14-9/h3-6H,1-2H3,(H,14,15). The number of hydrogen-bond acceptors (Lipinski definition) is 5.